The van der Waals surface area contributed by atoms with Gasteiger partial charge in [-0.2, -0.15) is 0 Å². The molecule has 0 aliphatic heterocycles. The predicted molar refractivity (Wildman–Crippen MR) is 77.8 cm³/mol. The summed E-state index contributed by atoms with van der Waals surface area (Å²) in [6.07, 6.45) is 3.26. The van der Waals surface area contributed by atoms with Gasteiger partial charge < -0.3 is 14.6 Å². The number of rotatable bonds is 11. The predicted octanol–water partition coefficient (Wildman–Crippen LogP) is 1.08. The molecular formula is C14H25NO6. The molecule has 0 saturated heterocycles. The minimum Gasteiger partial charge on any atom is -0.481 e. The first-order chi connectivity index (χ1) is 10.1. The molecule has 7 heteroatoms. The van der Waals surface area contributed by atoms with Crippen molar-refractivity contribution in [2.75, 3.05) is 33.0 Å². The van der Waals surface area contributed by atoms with E-state index in [0.717, 1.165) is 4.90 Å². The van der Waals surface area contributed by atoms with E-state index in [1.807, 2.05) is 13.8 Å². The molecule has 0 aliphatic rings. The number of imide groups is 1. The van der Waals surface area contributed by atoms with E-state index < -0.39 is 5.97 Å². The van der Waals surface area contributed by atoms with E-state index in [1.54, 1.807) is 13.0 Å². The van der Waals surface area contributed by atoms with Crippen molar-refractivity contribution in [3.63, 3.8) is 0 Å². The largest absolute Gasteiger partial charge is 0.481 e. The van der Waals surface area contributed by atoms with E-state index >= 15 is 0 Å². The zero-order valence-corrected chi connectivity index (χ0v) is 12.9. The zero-order chi connectivity index (χ0) is 16.5. The van der Waals surface area contributed by atoms with Gasteiger partial charge in [-0.05, 0) is 13.0 Å². The summed E-state index contributed by atoms with van der Waals surface area (Å²) in [5.41, 5.74) is 0. The third-order valence-corrected chi connectivity index (χ3v) is 2.03. The smallest absolute Gasteiger partial charge is 0.305 e. The van der Waals surface area contributed by atoms with Crippen molar-refractivity contribution in [2.24, 2.45) is 0 Å². The van der Waals surface area contributed by atoms with Crippen molar-refractivity contribution in [2.45, 2.75) is 27.2 Å². The highest BCUT2D eigenvalue weighted by molar-refractivity contribution is 5.94. The molecule has 0 aromatic carbocycles. The average Bonchev–Trinajstić information content (AvgIpc) is 2.47. The van der Waals surface area contributed by atoms with Gasteiger partial charge in [-0.15, -0.1) is 0 Å². The summed E-state index contributed by atoms with van der Waals surface area (Å²) in [6.45, 7) is 6.76. The minimum absolute atomic E-state index is 0.0449. The van der Waals surface area contributed by atoms with Crippen LogP contribution >= 0.6 is 0 Å². The number of carboxylic acid groups (broad SMARTS) is 1. The molecule has 0 fully saturated rings. The number of carboxylic acids is 1. The highest BCUT2D eigenvalue weighted by atomic mass is 16.5. The maximum Gasteiger partial charge on any atom is 0.305 e. The molecule has 0 aliphatic carbocycles. The Morgan fingerprint density at radius 3 is 2.14 bits per heavy atom. The van der Waals surface area contributed by atoms with Crippen LogP contribution in [0.15, 0.2) is 12.2 Å². The van der Waals surface area contributed by atoms with E-state index in [1.165, 1.54) is 6.08 Å². The monoisotopic (exact) mass is 303 g/mol. The van der Waals surface area contributed by atoms with Crippen LogP contribution in [-0.4, -0.2) is 61.3 Å². The Hall–Kier alpha value is -1.73. The number of hydrogen-bond acceptors (Lipinski definition) is 5. The lowest BCUT2D eigenvalue weighted by atomic mass is 10.4. The van der Waals surface area contributed by atoms with Crippen LogP contribution in [0.1, 0.15) is 27.2 Å². The molecule has 0 bridgehead atoms. The topological polar surface area (TPSA) is 93.1 Å². The standard InChI is InChI=1S/C12H19NO6.C2H6/c1-2-3-11(15)13(10-14)5-7-19-9-8-18-6-4-12(16)17;1-2/h2-3,10H,4-9H2,1H3,(H,16,17);1-2H3/b3-2-;. The lowest BCUT2D eigenvalue weighted by Crippen LogP contribution is -2.31. The second-order valence-electron chi connectivity index (χ2n) is 3.51. The van der Waals surface area contributed by atoms with E-state index in [0.29, 0.717) is 6.41 Å². The van der Waals surface area contributed by atoms with Gasteiger partial charge in [-0.25, -0.2) is 0 Å². The van der Waals surface area contributed by atoms with Crippen molar-refractivity contribution in [3.05, 3.63) is 12.2 Å². The molecule has 0 spiro atoms. The number of nitrogens with zero attached hydrogens (tertiary/aromatic N) is 1. The first-order valence-corrected chi connectivity index (χ1v) is 6.87. The van der Waals surface area contributed by atoms with Crippen LogP contribution in [0.3, 0.4) is 0 Å². The Morgan fingerprint density at radius 1 is 1.10 bits per heavy atom. The summed E-state index contributed by atoms with van der Waals surface area (Å²) < 4.78 is 10.1. The van der Waals surface area contributed by atoms with Crippen LogP contribution in [0.2, 0.25) is 0 Å². The fraction of sp³-hybridized carbons (Fsp3) is 0.643. The lowest BCUT2D eigenvalue weighted by molar-refractivity contribution is -0.138. The molecule has 0 aromatic heterocycles. The maximum absolute atomic E-state index is 11.3. The molecule has 2 amide bonds. The fourth-order valence-corrected chi connectivity index (χ4v) is 1.10. The average molecular weight is 303 g/mol. The SMILES string of the molecule is C/C=C\C(=O)N(C=O)CCOCCOCCC(=O)O.CC. The maximum atomic E-state index is 11.3. The van der Waals surface area contributed by atoms with Crippen molar-refractivity contribution in [1.29, 1.82) is 0 Å². The molecule has 0 atom stereocenters. The molecule has 122 valence electrons. The van der Waals surface area contributed by atoms with Gasteiger partial charge in [0.05, 0.1) is 39.4 Å². The van der Waals surface area contributed by atoms with Crippen molar-refractivity contribution in [1.82, 2.24) is 4.90 Å². The molecule has 21 heavy (non-hydrogen) atoms. The van der Waals surface area contributed by atoms with Gasteiger partial charge in [-0.3, -0.25) is 19.3 Å². The number of carbonyl (C=O) groups excluding carboxylic acids is 2. The third kappa shape index (κ3) is 14.5. The summed E-state index contributed by atoms with van der Waals surface area (Å²) in [7, 11) is 0. The summed E-state index contributed by atoms with van der Waals surface area (Å²) in [4.78, 5) is 33.1. The number of hydrogen-bond donors (Lipinski definition) is 1. The van der Waals surface area contributed by atoms with Crippen molar-refractivity contribution in [3.8, 4) is 0 Å². The van der Waals surface area contributed by atoms with Crippen LogP contribution < -0.4 is 0 Å². The van der Waals surface area contributed by atoms with Crippen molar-refractivity contribution < 1.29 is 29.0 Å². The summed E-state index contributed by atoms with van der Waals surface area (Å²) >= 11 is 0. The highest BCUT2D eigenvalue weighted by Gasteiger charge is 2.08. The van der Waals surface area contributed by atoms with Gasteiger partial charge in [0, 0.05) is 0 Å². The molecule has 0 aromatic rings. The van der Waals surface area contributed by atoms with Gasteiger partial charge in [0.1, 0.15) is 0 Å². The Balaban J connectivity index is 0. The Kier molecular flexibility index (Phi) is 16.8. The van der Waals surface area contributed by atoms with Crippen LogP contribution in [0.5, 0.6) is 0 Å². The van der Waals surface area contributed by atoms with Gasteiger partial charge >= 0.3 is 5.97 Å². The summed E-state index contributed by atoms with van der Waals surface area (Å²) in [6, 6.07) is 0. The van der Waals surface area contributed by atoms with Gasteiger partial charge in [0.25, 0.3) is 5.91 Å². The van der Waals surface area contributed by atoms with E-state index in [9.17, 15) is 14.4 Å². The first-order valence-electron chi connectivity index (χ1n) is 6.87. The molecule has 0 heterocycles. The minimum atomic E-state index is -0.912. The van der Waals surface area contributed by atoms with Gasteiger partial charge in [0.2, 0.25) is 6.41 Å². The lowest BCUT2D eigenvalue weighted by Gasteiger charge is -2.13. The van der Waals surface area contributed by atoms with Crippen LogP contribution in [-0.2, 0) is 23.9 Å². The summed E-state index contributed by atoms with van der Waals surface area (Å²) in [5, 5.41) is 8.35. The number of amides is 2. The second-order valence-corrected chi connectivity index (χ2v) is 3.51. The third-order valence-electron chi connectivity index (χ3n) is 2.03. The molecule has 0 unspecified atom stereocenters. The van der Waals surface area contributed by atoms with Gasteiger partial charge in [-0.1, -0.05) is 19.9 Å². The fourth-order valence-electron chi connectivity index (χ4n) is 1.10. The molecule has 7 nitrogen and oxygen atoms in total. The van der Waals surface area contributed by atoms with Crippen molar-refractivity contribution >= 4 is 18.3 Å². The van der Waals surface area contributed by atoms with Crippen LogP contribution in [0.25, 0.3) is 0 Å². The number of carbonyl (C=O) groups is 3. The zero-order valence-electron chi connectivity index (χ0n) is 12.9. The number of allylic oxidation sites excluding steroid dienone is 1. The Bertz CT molecular complexity index is 317. The van der Waals surface area contributed by atoms with E-state index in [4.69, 9.17) is 14.6 Å². The molecule has 0 rings (SSSR count). The molecular weight excluding hydrogens is 278 g/mol. The first kappa shape index (κ1) is 21.6. The number of ether oxygens (including phenoxy) is 2. The molecule has 0 radical (unpaired) electrons. The van der Waals surface area contributed by atoms with E-state index in [2.05, 4.69) is 0 Å². The van der Waals surface area contributed by atoms with E-state index in [-0.39, 0.29) is 45.3 Å². The molecule has 1 N–H and O–H groups in total. The normalized spacial score (nSPS) is 9.86. The Morgan fingerprint density at radius 2 is 1.67 bits per heavy atom. The summed E-state index contributed by atoms with van der Waals surface area (Å²) in [5.74, 6) is -1.30. The molecule has 0 saturated carbocycles. The van der Waals surface area contributed by atoms with Gasteiger partial charge in [0.15, 0.2) is 0 Å². The quantitative estimate of drug-likeness (QED) is 0.349. The second kappa shape index (κ2) is 16.3. The number of aliphatic carboxylic acids is 1. The van der Waals surface area contributed by atoms with Crippen LogP contribution in [0.4, 0.5) is 0 Å². The van der Waals surface area contributed by atoms with Crippen LogP contribution in [0, 0.1) is 0 Å². The highest BCUT2D eigenvalue weighted by Crippen LogP contribution is 1.89. The Labute approximate surface area is 125 Å².